The van der Waals surface area contributed by atoms with Crippen LogP contribution in [0.5, 0.6) is 0 Å². The SMILES string of the molecule is COC(=O)CCCC(=O)N1CCC(c2nc3ccccc3o2)CC1. The predicted molar refractivity (Wildman–Crippen MR) is 88.4 cm³/mol. The summed E-state index contributed by atoms with van der Waals surface area (Å²) in [4.78, 5) is 29.7. The van der Waals surface area contributed by atoms with E-state index < -0.39 is 0 Å². The fourth-order valence-electron chi connectivity index (χ4n) is 3.08. The molecule has 1 aliphatic heterocycles. The molecule has 1 fully saturated rings. The van der Waals surface area contributed by atoms with E-state index in [0.717, 1.165) is 29.8 Å². The summed E-state index contributed by atoms with van der Waals surface area (Å²) >= 11 is 0. The average molecular weight is 330 g/mol. The van der Waals surface area contributed by atoms with Gasteiger partial charge in [-0.2, -0.15) is 0 Å². The van der Waals surface area contributed by atoms with Gasteiger partial charge in [-0.05, 0) is 31.4 Å². The Morgan fingerprint density at radius 2 is 2.00 bits per heavy atom. The van der Waals surface area contributed by atoms with Crippen LogP contribution < -0.4 is 0 Å². The molecular formula is C18H22N2O4. The molecule has 1 aromatic carbocycles. The summed E-state index contributed by atoms with van der Waals surface area (Å²) in [5.74, 6) is 0.873. The second-order valence-electron chi connectivity index (χ2n) is 6.10. The van der Waals surface area contributed by atoms with E-state index in [0.29, 0.717) is 32.4 Å². The summed E-state index contributed by atoms with van der Waals surface area (Å²) in [5.41, 5.74) is 1.70. The Bertz CT molecular complexity index is 684. The number of benzene rings is 1. The summed E-state index contributed by atoms with van der Waals surface area (Å²) in [5, 5.41) is 0. The molecule has 1 amide bonds. The van der Waals surface area contributed by atoms with Crippen molar-refractivity contribution in [3.8, 4) is 0 Å². The summed E-state index contributed by atoms with van der Waals surface area (Å²) in [6.45, 7) is 1.42. The van der Waals surface area contributed by atoms with E-state index >= 15 is 0 Å². The van der Waals surface area contributed by atoms with Gasteiger partial charge in [0.2, 0.25) is 5.91 Å². The molecule has 0 aliphatic carbocycles. The molecule has 24 heavy (non-hydrogen) atoms. The second kappa shape index (κ2) is 7.47. The summed E-state index contributed by atoms with van der Waals surface area (Å²) in [6.07, 6.45) is 2.94. The van der Waals surface area contributed by atoms with E-state index in [4.69, 9.17) is 4.42 Å². The Hall–Kier alpha value is -2.37. The molecule has 6 heteroatoms. The van der Waals surface area contributed by atoms with Crippen LogP contribution in [0.25, 0.3) is 11.1 Å². The number of fused-ring (bicyclic) bond motifs is 1. The Morgan fingerprint density at radius 1 is 1.25 bits per heavy atom. The highest BCUT2D eigenvalue weighted by Crippen LogP contribution is 2.30. The van der Waals surface area contributed by atoms with E-state index in [2.05, 4.69) is 9.72 Å². The van der Waals surface area contributed by atoms with Gasteiger partial charge in [0.1, 0.15) is 5.52 Å². The maximum absolute atomic E-state index is 12.2. The van der Waals surface area contributed by atoms with E-state index in [-0.39, 0.29) is 17.8 Å². The molecule has 1 aliphatic rings. The smallest absolute Gasteiger partial charge is 0.305 e. The topological polar surface area (TPSA) is 72.6 Å². The van der Waals surface area contributed by atoms with Gasteiger partial charge in [-0.25, -0.2) is 4.98 Å². The molecular weight excluding hydrogens is 308 g/mol. The van der Waals surface area contributed by atoms with Gasteiger partial charge in [-0.15, -0.1) is 0 Å². The number of para-hydroxylation sites is 2. The molecule has 2 aromatic rings. The van der Waals surface area contributed by atoms with Crippen molar-refractivity contribution in [1.82, 2.24) is 9.88 Å². The fraction of sp³-hybridized carbons (Fsp3) is 0.500. The highest BCUT2D eigenvalue weighted by Gasteiger charge is 2.26. The highest BCUT2D eigenvalue weighted by molar-refractivity contribution is 5.77. The fourth-order valence-corrected chi connectivity index (χ4v) is 3.08. The predicted octanol–water partition coefficient (Wildman–Crippen LogP) is 2.88. The van der Waals surface area contributed by atoms with Gasteiger partial charge >= 0.3 is 5.97 Å². The second-order valence-corrected chi connectivity index (χ2v) is 6.10. The van der Waals surface area contributed by atoms with Crippen LogP contribution in [0.3, 0.4) is 0 Å². The first-order valence-corrected chi connectivity index (χ1v) is 8.37. The van der Waals surface area contributed by atoms with Crippen LogP contribution in [0.2, 0.25) is 0 Å². The molecule has 0 saturated carbocycles. The molecule has 1 saturated heterocycles. The lowest BCUT2D eigenvalue weighted by molar-refractivity contribution is -0.141. The number of oxazole rings is 1. The zero-order valence-electron chi connectivity index (χ0n) is 13.9. The van der Waals surface area contributed by atoms with Crippen molar-refractivity contribution in [2.75, 3.05) is 20.2 Å². The van der Waals surface area contributed by atoms with Gasteiger partial charge in [-0.1, -0.05) is 12.1 Å². The Kier molecular flexibility index (Phi) is 5.13. The first-order chi connectivity index (χ1) is 11.7. The van der Waals surface area contributed by atoms with Crippen molar-refractivity contribution in [2.45, 2.75) is 38.0 Å². The van der Waals surface area contributed by atoms with Crippen LogP contribution in [-0.2, 0) is 14.3 Å². The van der Waals surface area contributed by atoms with Crippen molar-refractivity contribution in [3.63, 3.8) is 0 Å². The van der Waals surface area contributed by atoms with Crippen LogP contribution in [-0.4, -0.2) is 42.0 Å². The molecule has 0 radical (unpaired) electrons. The number of esters is 1. The number of likely N-dealkylation sites (tertiary alicyclic amines) is 1. The number of nitrogens with zero attached hydrogens (tertiary/aromatic N) is 2. The van der Waals surface area contributed by atoms with Gasteiger partial charge < -0.3 is 14.1 Å². The molecule has 0 spiro atoms. The number of amides is 1. The van der Waals surface area contributed by atoms with E-state index in [1.807, 2.05) is 29.2 Å². The first kappa shape index (κ1) is 16.5. The number of methoxy groups -OCH3 is 1. The number of aromatic nitrogens is 1. The largest absolute Gasteiger partial charge is 0.469 e. The van der Waals surface area contributed by atoms with Gasteiger partial charge in [0.05, 0.1) is 7.11 Å². The van der Waals surface area contributed by atoms with Crippen molar-refractivity contribution in [2.24, 2.45) is 0 Å². The molecule has 0 atom stereocenters. The molecule has 3 rings (SSSR count). The Labute approximate surface area is 140 Å². The van der Waals surface area contributed by atoms with E-state index in [1.165, 1.54) is 7.11 Å². The monoisotopic (exact) mass is 330 g/mol. The number of hydrogen-bond acceptors (Lipinski definition) is 5. The third-order valence-electron chi connectivity index (χ3n) is 4.51. The summed E-state index contributed by atoms with van der Waals surface area (Å²) in [6, 6.07) is 7.76. The molecule has 1 aromatic heterocycles. The molecule has 6 nitrogen and oxygen atoms in total. The average Bonchev–Trinajstić information content (AvgIpc) is 3.05. The lowest BCUT2D eigenvalue weighted by atomic mass is 9.96. The minimum absolute atomic E-state index is 0.106. The molecule has 128 valence electrons. The van der Waals surface area contributed by atoms with Crippen molar-refractivity contribution < 1.29 is 18.7 Å². The van der Waals surface area contributed by atoms with Crippen LogP contribution in [0.4, 0.5) is 0 Å². The zero-order chi connectivity index (χ0) is 16.9. The van der Waals surface area contributed by atoms with Gasteiger partial charge in [-0.3, -0.25) is 9.59 Å². The van der Waals surface area contributed by atoms with Crippen LogP contribution in [0.1, 0.15) is 43.9 Å². The van der Waals surface area contributed by atoms with Crippen LogP contribution in [0.15, 0.2) is 28.7 Å². The maximum Gasteiger partial charge on any atom is 0.305 e. The third-order valence-corrected chi connectivity index (χ3v) is 4.51. The summed E-state index contributed by atoms with van der Waals surface area (Å²) < 4.78 is 10.4. The molecule has 0 unspecified atom stereocenters. The lowest BCUT2D eigenvalue weighted by Gasteiger charge is -2.30. The third kappa shape index (κ3) is 3.75. The number of carbonyl (C=O) groups is 2. The van der Waals surface area contributed by atoms with Gasteiger partial charge in [0.25, 0.3) is 0 Å². The van der Waals surface area contributed by atoms with Gasteiger partial charge in [0.15, 0.2) is 11.5 Å². The van der Waals surface area contributed by atoms with Crippen LogP contribution in [0, 0.1) is 0 Å². The standard InChI is InChI=1S/C18H22N2O4/c1-23-17(22)8-4-7-16(21)20-11-9-13(10-12-20)18-19-14-5-2-3-6-15(14)24-18/h2-3,5-6,13H,4,7-12H2,1H3. The normalized spacial score (nSPS) is 15.6. The van der Waals surface area contributed by atoms with E-state index in [1.54, 1.807) is 0 Å². The van der Waals surface area contributed by atoms with Crippen molar-refractivity contribution in [1.29, 1.82) is 0 Å². The first-order valence-electron chi connectivity index (χ1n) is 8.37. The number of rotatable bonds is 5. The molecule has 0 bridgehead atoms. The van der Waals surface area contributed by atoms with Crippen LogP contribution >= 0.6 is 0 Å². The quantitative estimate of drug-likeness (QED) is 0.788. The van der Waals surface area contributed by atoms with E-state index in [9.17, 15) is 9.59 Å². The van der Waals surface area contributed by atoms with Crippen molar-refractivity contribution in [3.05, 3.63) is 30.2 Å². The number of piperidine rings is 1. The lowest BCUT2D eigenvalue weighted by Crippen LogP contribution is -2.37. The minimum Gasteiger partial charge on any atom is -0.469 e. The van der Waals surface area contributed by atoms with Gasteiger partial charge in [0, 0.05) is 31.8 Å². The summed E-state index contributed by atoms with van der Waals surface area (Å²) in [7, 11) is 1.36. The Morgan fingerprint density at radius 3 is 2.71 bits per heavy atom. The molecule has 2 heterocycles. The minimum atomic E-state index is -0.266. The highest BCUT2D eigenvalue weighted by atomic mass is 16.5. The molecule has 0 N–H and O–H groups in total. The number of hydrogen-bond donors (Lipinski definition) is 0. The number of carbonyl (C=O) groups excluding carboxylic acids is 2. The Balaban J connectivity index is 1.50. The zero-order valence-corrected chi connectivity index (χ0v) is 13.9. The number of ether oxygens (including phenoxy) is 1. The van der Waals surface area contributed by atoms with Crippen molar-refractivity contribution >= 4 is 23.0 Å². The maximum atomic E-state index is 12.2.